The topological polar surface area (TPSA) is 12.0 Å². The molecular weight excluding hydrogens is 229 g/mol. The van der Waals surface area contributed by atoms with E-state index in [0.29, 0.717) is 5.02 Å². The number of benzene rings is 1. The quantitative estimate of drug-likeness (QED) is 0.850. The van der Waals surface area contributed by atoms with Gasteiger partial charge in [0.15, 0.2) is 0 Å². The van der Waals surface area contributed by atoms with E-state index in [-0.39, 0.29) is 0 Å². The molecular formula is C12H15Cl2N. The Morgan fingerprint density at radius 3 is 2.73 bits per heavy atom. The van der Waals surface area contributed by atoms with Crippen LogP contribution < -0.4 is 5.32 Å². The van der Waals surface area contributed by atoms with Crippen molar-refractivity contribution in [2.24, 2.45) is 11.8 Å². The van der Waals surface area contributed by atoms with Gasteiger partial charge in [0, 0.05) is 16.6 Å². The summed E-state index contributed by atoms with van der Waals surface area (Å²) in [5.41, 5.74) is 1.12. The van der Waals surface area contributed by atoms with Crippen LogP contribution in [0.25, 0.3) is 0 Å². The zero-order chi connectivity index (χ0) is 10.8. The Morgan fingerprint density at radius 2 is 2.13 bits per heavy atom. The smallest absolute Gasteiger partial charge is 0.0465 e. The van der Waals surface area contributed by atoms with Gasteiger partial charge >= 0.3 is 0 Å². The van der Waals surface area contributed by atoms with Crippen molar-refractivity contribution in [2.75, 3.05) is 6.54 Å². The van der Waals surface area contributed by atoms with Crippen LogP contribution in [0.2, 0.25) is 10.0 Å². The van der Waals surface area contributed by atoms with Crippen molar-refractivity contribution in [3.63, 3.8) is 0 Å². The van der Waals surface area contributed by atoms with Crippen molar-refractivity contribution >= 4 is 23.2 Å². The van der Waals surface area contributed by atoms with Gasteiger partial charge in [0.25, 0.3) is 0 Å². The largest absolute Gasteiger partial charge is 0.312 e. The Labute approximate surface area is 101 Å². The van der Waals surface area contributed by atoms with E-state index in [1.165, 1.54) is 6.42 Å². The number of hydrogen-bond donors (Lipinski definition) is 1. The van der Waals surface area contributed by atoms with Crippen LogP contribution in [-0.4, -0.2) is 6.54 Å². The summed E-state index contributed by atoms with van der Waals surface area (Å²) in [7, 11) is 0. The molecule has 0 amide bonds. The highest BCUT2D eigenvalue weighted by molar-refractivity contribution is 6.35. The van der Waals surface area contributed by atoms with Crippen LogP contribution in [-0.2, 0) is 6.54 Å². The molecule has 1 N–H and O–H groups in total. The Morgan fingerprint density at radius 1 is 1.40 bits per heavy atom. The van der Waals surface area contributed by atoms with E-state index in [0.717, 1.165) is 35.5 Å². The van der Waals surface area contributed by atoms with Crippen LogP contribution in [0.5, 0.6) is 0 Å². The van der Waals surface area contributed by atoms with Gasteiger partial charge in [-0.05, 0) is 42.5 Å². The van der Waals surface area contributed by atoms with E-state index < -0.39 is 0 Å². The molecule has 0 aromatic heterocycles. The first-order chi connectivity index (χ1) is 7.16. The lowest BCUT2D eigenvalue weighted by Gasteiger charge is -2.06. The Balaban J connectivity index is 1.82. The molecule has 1 fully saturated rings. The second-order valence-electron chi connectivity index (χ2n) is 4.34. The molecule has 0 saturated heterocycles. The first-order valence-electron chi connectivity index (χ1n) is 5.31. The van der Waals surface area contributed by atoms with Gasteiger partial charge in [-0.2, -0.15) is 0 Å². The maximum atomic E-state index is 6.06. The van der Waals surface area contributed by atoms with Crippen molar-refractivity contribution < 1.29 is 0 Å². The number of rotatable bonds is 4. The van der Waals surface area contributed by atoms with E-state index in [1.54, 1.807) is 6.07 Å². The molecule has 15 heavy (non-hydrogen) atoms. The van der Waals surface area contributed by atoms with Crippen molar-refractivity contribution in [1.29, 1.82) is 0 Å². The van der Waals surface area contributed by atoms with Gasteiger partial charge in [-0.1, -0.05) is 36.2 Å². The maximum absolute atomic E-state index is 6.06. The molecule has 1 saturated carbocycles. The van der Waals surface area contributed by atoms with Gasteiger partial charge in [0.2, 0.25) is 0 Å². The molecule has 2 rings (SSSR count). The Bertz CT molecular complexity index is 351. The molecule has 1 aliphatic carbocycles. The summed E-state index contributed by atoms with van der Waals surface area (Å²) in [6.07, 6.45) is 1.36. The Kier molecular flexibility index (Phi) is 3.55. The molecule has 1 nitrogen and oxygen atoms in total. The molecule has 1 aliphatic rings. The third-order valence-electron chi connectivity index (χ3n) is 3.01. The lowest BCUT2D eigenvalue weighted by Crippen LogP contribution is -2.16. The second kappa shape index (κ2) is 4.73. The van der Waals surface area contributed by atoms with E-state index in [4.69, 9.17) is 23.2 Å². The van der Waals surface area contributed by atoms with Crippen molar-refractivity contribution in [1.82, 2.24) is 5.32 Å². The van der Waals surface area contributed by atoms with Gasteiger partial charge in [0.1, 0.15) is 0 Å². The summed E-state index contributed by atoms with van der Waals surface area (Å²) in [6, 6.07) is 5.65. The predicted molar refractivity (Wildman–Crippen MR) is 65.4 cm³/mol. The lowest BCUT2D eigenvalue weighted by molar-refractivity contribution is 0.612. The minimum atomic E-state index is 0.694. The van der Waals surface area contributed by atoms with Crippen molar-refractivity contribution in [3.8, 4) is 0 Å². The highest BCUT2D eigenvalue weighted by atomic mass is 35.5. The minimum absolute atomic E-state index is 0.694. The standard InChI is InChI=1S/C12H15Cl2N/c1-8-4-10(8)7-15-6-9-2-3-11(13)5-12(9)14/h2-3,5,8,10,15H,4,6-7H2,1H3. The summed E-state index contributed by atoms with van der Waals surface area (Å²) in [4.78, 5) is 0. The monoisotopic (exact) mass is 243 g/mol. The van der Waals surface area contributed by atoms with Gasteiger partial charge in [0.05, 0.1) is 0 Å². The van der Waals surface area contributed by atoms with Crippen LogP contribution in [0, 0.1) is 11.8 Å². The van der Waals surface area contributed by atoms with Crippen LogP contribution in [0.3, 0.4) is 0 Å². The molecule has 3 heteroatoms. The molecule has 0 spiro atoms. The van der Waals surface area contributed by atoms with Crippen molar-refractivity contribution in [3.05, 3.63) is 33.8 Å². The van der Waals surface area contributed by atoms with Gasteiger partial charge in [-0.15, -0.1) is 0 Å². The van der Waals surface area contributed by atoms with E-state index in [1.807, 2.05) is 12.1 Å². The maximum Gasteiger partial charge on any atom is 0.0465 e. The summed E-state index contributed by atoms with van der Waals surface area (Å²) in [5.74, 6) is 1.77. The summed E-state index contributed by atoms with van der Waals surface area (Å²) in [6.45, 7) is 4.22. The number of halogens is 2. The Hall–Kier alpha value is -0.240. The first kappa shape index (κ1) is 11.3. The minimum Gasteiger partial charge on any atom is -0.312 e. The van der Waals surface area contributed by atoms with Crippen LogP contribution in [0.15, 0.2) is 18.2 Å². The molecule has 0 aliphatic heterocycles. The first-order valence-corrected chi connectivity index (χ1v) is 6.07. The van der Waals surface area contributed by atoms with Gasteiger partial charge < -0.3 is 5.32 Å². The molecule has 0 heterocycles. The fourth-order valence-corrected chi connectivity index (χ4v) is 2.22. The highest BCUT2D eigenvalue weighted by Gasteiger charge is 2.31. The number of hydrogen-bond acceptors (Lipinski definition) is 1. The van der Waals surface area contributed by atoms with Gasteiger partial charge in [-0.25, -0.2) is 0 Å². The third-order valence-corrected chi connectivity index (χ3v) is 3.60. The van der Waals surface area contributed by atoms with E-state index in [9.17, 15) is 0 Å². The summed E-state index contributed by atoms with van der Waals surface area (Å²) < 4.78 is 0. The molecule has 2 unspecified atom stereocenters. The normalized spacial score (nSPS) is 24.2. The van der Waals surface area contributed by atoms with Crippen LogP contribution in [0.1, 0.15) is 18.9 Å². The zero-order valence-electron chi connectivity index (χ0n) is 8.76. The zero-order valence-corrected chi connectivity index (χ0v) is 10.3. The van der Waals surface area contributed by atoms with Crippen molar-refractivity contribution in [2.45, 2.75) is 19.9 Å². The molecule has 82 valence electrons. The molecule has 2 atom stereocenters. The van der Waals surface area contributed by atoms with Crippen LogP contribution >= 0.6 is 23.2 Å². The van der Waals surface area contributed by atoms with E-state index in [2.05, 4.69) is 12.2 Å². The SMILES string of the molecule is CC1CC1CNCc1ccc(Cl)cc1Cl. The second-order valence-corrected chi connectivity index (χ2v) is 5.18. The lowest BCUT2D eigenvalue weighted by atomic mass is 10.2. The third kappa shape index (κ3) is 3.10. The highest BCUT2D eigenvalue weighted by Crippen LogP contribution is 2.36. The number of nitrogens with one attached hydrogen (secondary N) is 1. The molecule has 1 aromatic rings. The van der Waals surface area contributed by atoms with Crippen LogP contribution in [0.4, 0.5) is 0 Å². The summed E-state index contributed by atoms with van der Waals surface area (Å²) in [5, 5.41) is 4.87. The molecule has 0 bridgehead atoms. The average Bonchev–Trinajstić information content (AvgIpc) is 2.86. The molecule has 0 radical (unpaired) electrons. The fraction of sp³-hybridized carbons (Fsp3) is 0.500. The predicted octanol–water partition coefficient (Wildman–Crippen LogP) is 3.74. The molecule has 1 aromatic carbocycles. The fourth-order valence-electron chi connectivity index (χ4n) is 1.74. The van der Waals surface area contributed by atoms with Gasteiger partial charge in [-0.3, -0.25) is 0 Å². The average molecular weight is 244 g/mol. The van der Waals surface area contributed by atoms with E-state index >= 15 is 0 Å². The summed E-state index contributed by atoms with van der Waals surface area (Å²) >= 11 is 11.9.